The van der Waals surface area contributed by atoms with E-state index in [9.17, 15) is 4.79 Å². The number of likely N-dealkylation sites (N-methyl/N-ethyl adjacent to an activating group) is 1. The minimum atomic E-state index is -0.0505. The van der Waals surface area contributed by atoms with Gasteiger partial charge >= 0.3 is 0 Å². The molecule has 1 saturated heterocycles. The van der Waals surface area contributed by atoms with Crippen LogP contribution in [0.3, 0.4) is 0 Å². The number of nitrogens with zero attached hydrogens (tertiary/aromatic N) is 1. The molecule has 3 heteroatoms. The van der Waals surface area contributed by atoms with E-state index in [1.54, 1.807) is 4.90 Å². The number of rotatable bonds is 2. The summed E-state index contributed by atoms with van der Waals surface area (Å²) >= 11 is 0. The first-order chi connectivity index (χ1) is 7.59. The molecule has 1 aromatic rings. The average molecular weight is 218 g/mol. The van der Waals surface area contributed by atoms with E-state index in [0.29, 0.717) is 0 Å². The van der Waals surface area contributed by atoms with Crippen LogP contribution in [0.25, 0.3) is 0 Å². The zero-order valence-corrected chi connectivity index (χ0v) is 10.1. The van der Waals surface area contributed by atoms with Gasteiger partial charge in [-0.2, -0.15) is 0 Å². The highest BCUT2D eigenvalue weighted by molar-refractivity contribution is 5.86. The summed E-state index contributed by atoms with van der Waals surface area (Å²) in [6, 6.07) is 6.09. The van der Waals surface area contributed by atoms with Gasteiger partial charge in [-0.25, -0.2) is 0 Å². The fourth-order valence-electron chi connectivity index (χ4n) is 2.05. The third-order valence-corrected chi connectivity index (χ3v) is 3.36. The van der Waals surface area contributed by atoms with E-state index in [2.05, 4.69) is 25.2 Å². The first kappa shape index (κ1) is 11.0. The number of amides is 1. The van der Waals surface area contributed by atoms with E-state index in [4.69, 9.17) is 0 Å². The SMILES string of the molecule is Cc1cccc(NC2CCN(C)C2=O)c1C. The minimum Gasteiger partial charge on any atom is -0.373 e. The van der Waals surface area contributed by atoms with Gasteiger partial charge in [0.15, 0.2) is 0 Å². The van der Waals surface area contributed by atoms with Crippen molar-refractivity contribution in [3.63, 3.8) is 0 Å². The molecule has 0 aromatic heterocycles. The Morgan fingerprint density at radius 2 is 2.12 bits per heavy atom. The number of anilines is 1. The molecular weight excluding hydrogens is 200 g/mol. The summed E-state index contributed by atoms with van der Waals surface area (Å²) < 4.78 is 0. The van der Waals surface area contributed by atoms with Gasteiger partial charge in [-0.3, -0.25) is 4.79 Å². The molecule has 0 bridgehead atoms. The second kappa shape index (κ2) is 4.16. The van der Waals surface area contributed by atoms with E-state index >= 15 is 0 Å². The second-order valence-corrected chi connectivity index (χ2v) is 4.49. The van der Waals surface area contributed by atoms with Crippen molar-refractivity contribution in [2.75, 3.05) is 18.9 Å². The summed E-state index contributed by atoms with van der Waals surface area (Å²) in [6.45, 7) is 5.02. The first-order valence-electron chi connectivity index (χ1n) is 5.67. The molecule has 0 spiro atoms. The van der Waals surface area contributed by atoms with Crippen LogP contribution in [-0.4, -0.2) is 30.4 Å². The molecular formula is C13H18N2O. The van der Waals surface area contributed by atoms with Gasteiger partial charge in [-0.1, -0.05) is 12.1 Å². The third-order valence-electron chi connectivity index (χ3n) is 3.36. The van der Waals surface area contributed by atoms with Crippen molar-refractivity contribution in [2.45, 2.75) is 26.3 Å². The molecule has 1 heterocycles. The summed E-state index contributed by atoms with van der Waals surface area (Å²) in [5.41, 5.74) is 3.56. The molecule has 1 aromatic carbocycles. The van der Waals surface area contributed by atoms with Crippen molar-refractivity contribution >= 4 is 11.6 Å². The van der Waals surface area contributed by atoms with Crippen molar-refractivity contribution in [1.82, 2.24) is 4.90 Å². The molecule has 1 unspecified atom stereocenters. The average Bonchev–Trinajstić information content (AvgIpc) is 2.57. The van der Waals surface area contributed by atoms with Crippen LogP contribution in [0.2, 0.25) is 0 Å². The monoisotopic (exact) mass is 218 g/mol. The maximum Gasteiger partial charge on any atom is 0.244 e. The Kier molecular flexibility index (Phi) is 2.86. The predicted molar refractivity (Wildman–Crippen MR) is 65.6 cm³/mol. The van der Waals surface area contributed by atoms with Crippen molar-refractivity contribution in [1.29, 1.82) is 0 Å². The standard InChI is InChI=1S/C13H18N2O/c1-9-5-4-6-11(10(9)2)14-12-7-8-15(3)13(12)16/h4-6,12,14H,7-8H2,1-3H3. The van der Waals surface area contributed by atoms with E-state index < -0.39 is 0 Å². The number of carbonyl (C=O) groups excluding carboxylic acids is 1. The lowest BCUT2D eigenvalue weighted by Gasteiger charge is -2.16. The van der Waals surface area contributed by atoms with E-state index in [-0.39, 0.29) is 11.9 Å². The number of benzene rings is 1. The number of nitrogens with one attached hydrogen (secondary N) is 1. The molecule has 1 aliphatic heterocycles. The molecule has 1 atom stereocenters. The lowest BCUT2D eigenvalue weighted by atomic mass is 10.1. The van der Waals surface area contributed by atoms with Crippen LogP contribution in [0.4, 0.5) is 5.69 Å². The lowest BCUT2D eigenvalue weighted by molar-refractivity contribution is -0.127. The van der Waals surface area contributed by atoms with Crippen LogP contribution >= 0.6 is 0 Å². The first-order valence-corrected chi connectivity index (χ1v) is 5.67. The molecule has 0 aliphatic carbocycles. The second-order valence-electron chi connectivity index (χ2n) is 4.49. The molecule has 1 fully saturated rings. The van der Waals surface area contributed by atoms with Crippen LogP contribution < -0.4 is 5.32 Å². The van der Waals surface area contributed by atoms with Crippen LogP contribution in [-0.2, 0) is 4.79 Å². The van der Waals surface area contributed by atoms with Gasteiger partial charge in [-0.05, 0) is 37.5 Å². The molecule has 0 radical (unpaired) electrons. The summed E-state index contributed by atoms with van der Waals surface area (Å²) in [5, 5.41) is 3.34. The number of aryl methyl sites for hydroxylation is 1. The van der Waals surface area contributed by atoms with Gasteiger partial charge in [0.2, 0.25) is 5.91 Å². The quantitative estimate of drug-likeness (QED) is 0.822. The van der Waals surface area contributed by atoms with Gasteiger partial charge < -0.3 is 10.2 Å². The topological polar surface area (TPSA) is 32.3 Å². The summed E-state index contributed by atoms with van der Waals surface area (Å²) in [6.07, 6.45) is 0.892. The fourth-order valence-corrected chi connectivity index (χ4v) is 2.05. The van der Waals surface area contributed by atoms with Gasteiger partial charge in [-0.15, -0.1) is 0 Å². The van der Waals surface area contributed by atoms with E-state index in [1.165, 1.54) is 11.1 Å². The molecule has 1 N–H and O–H groups in total. The Bertz CT molecular complexity index is 414. The summed E-state index contributed by atoms with van der Waals surface area (Å²) in [7, 11) is 1.85. The largest absolute Gasteiger partial charge is 0.373 e. The number of hydrogen-bond donors (Lipinski definition) is 1. The molecule has 1 amide bonds. The maximum absolute atomic E-state index is 11.8. The number of carbonyl (C=O) groups is 1. The zero-order chi connectivity index (χ0) is 11.7. The van der Waals surface area contributed by atoms with E-state index in [0.717, 1.165) is 18.7 Å². The predicted octanol–water partition coefficient (Wildman–Crippen LogP) is 1.95. The Morgan fingerprint density at radius 3 is 2.75 bits per heavy atom. The molecule has 16 heavy (non-hydrogen) atoms. The summed E-state index contributed by atoms with van der Waals surface area (Å²) in [4.78, 5) is 13.5. The molecule has 2 rings (SSSR count). The van der Waals surface area contributed by atoms with Gasteiger partial charge in [0, 0.05) is 19.3 Å². The van der Waals surface area contributed by atoms with Crippen molar-refractivity contribution in [3.8, 4) is 0 Å². The van der Waals surface area contributed by atoms with Crippen molar-refractivity contribution in [2.24, 2.45) is 0 Å². The molecule has 3 nitrogen and oxygen atoms in total. The Balaban J connectivity index is 2.16. The van der Waals surface area contributed by atoms with Crippen molar-refractivity contribution < 1.29 is 4.79 Å². The van der Waals surface area contributed by atoms with Crippen LogP contribution in [0.1, 0.15) is 17.5 Å². The number of likely N-dealkylation sites (tertiary alicyclic amines) is 1. The van der Waals surface area contributed by atoms with Gasteiger partial charge in [0.05, 0.1) is 0 Å². The van der Waals surface area contributed by atoms with Crippen molar-refractivity contribution in [3.05, 3.63) is 29.3 Å². The fraction of sp³-hybridized carbons (Fsp3) is 0.462. The van der Waals surface area contributed by atoms with Gasteiger partial charge in [0.1, 0.15) is 6.04 Å². The highest BCUT2D eigenvalue weighted by Crippen LogP contribution is 2.21. The molecule has 86 valence electrons. The lowest BCUT2D eigenvalue weighted by Crippen LogP contribution is -2.31. The van der Waals surface area contributed by atoms with Gasteiger partial charge in [0.25, 0.3) is 0 Å². The smallest absolute Gasteiger partial charge is 0.244 e. The Morgan fingerprint density at radius 1 is 1.38 bits per heavy atom. The molecule has 0 saturated carbocycles. The maximum atomic E-state index is 11.8. The third kappa shape index (κ3) is 1.90. The Hall–Kier alpha value is -1.51. The number of hydrogen-bond acceptors (Lipinski definition) is 2. The normalized spacial score (nSPS) is 20.3. The highest BCUT2D eigenvalue weighted by atomic mass is 16.2. The Labute approximate surface area is 96.5 Å². The summed E-state index contributed by atoms with van der Waals surface area (Å²) in [5.74, 6) is 0.195. The zero-order valence-electron chi connectivity index (χ0n) is 10.1. The minimum absolute atomic E-state index is 0.0505. The van der Waals surface area contributed by atoms with Crippen LogP contribution in [0, 0.1) is 13.8 Å². The highest BCUT2D eigenvalue weighted by Gasteiger charge is 2.28. The van der Waals surface area contributed by atoms with Crippen LogP contribution in [0.5, 0.6) is 0 Å². The van der Waals surface area contributed by atoms with E-state index in [1.807, 2.05) is 19.2 Å². The molecule has 1 aliphatic rings. The van der Waals surface area contributed by atoms with Crippen LogP contribution in [0.15, 0.2) is 18.2 Å².